The van der Waals surface area contributed by atoms with Crippen molar-refractivity contribution in [2.75, 3.05) is 32.1 Å². The van der Waals surface area contributed by atoms with E-state index in [2.05, 4.69) is 15.6 Å². The minimum absolute atomic E-state index is 0.0441. The van der Waals surface area contributed by atoms with Gasteiger partial charge in [0.1, 0.15) is 13.2 Å². The van der Waals surface area contributed by atoms with Crippen LogP contribution in [0.5, 0.6) is 11.5 Å². The first-order chi connectivity index (χ1) is 10.8. The molecule has 22 heavy (non-hydrogen) atoms. The van der Waals surface area contributed by atoms with Gasteiger partial charge in [-0.15, -0.1) is 11.3 Å². The molecule has 0 bridgehead atoms. The number of amides is 1. The van der Waals surface area contributed by atoms with Crippen molar-refractivity contribution < 1.29 is 14.3 Å². The Hall–Kier alpha value is -2.12. The van der Waals surface area contributed by atoms with Gasteiger partial charge in [-0.05, 0) is 25.2 Å². The third-order valence-electron chi connectivity index (χ3n) is 3.19. The van der Waals surface area contributed by atoms with Crippen molar-refractivity contribution in [2.24, 2.45) is 0 Å². The lowest BCUT2D eigenvalue weighted by atomic mass is 10.1. The van der Waals surface area contributed by atoms with Gasteiger partial charge >= 0.3 is 0 Å². The second kappa shape index (κ2) is 6.76. The average molecular weight is 319 g/mol. The zero-order valence-corrected chi connectivity index (χ0v) is 13.0. The fourth-order valence-electron chi connectivity index (χ4n) is 2.09. The summed E-state index contributed by atoms with van der Waals surface area (Å²) in [6.45, 7) is 1.78. The van der Waals surface area contributed by atoms with Gasteiger partial charge in [-0.25, -0.2) is 4.98 Å². The highest BCUT2D eigenvalue weighted by Gasteiger charge is 2.14. The first kappa shape index (κ1) is 14.8. The molecule has 0 fully saturated rings. The quantitative estimate of drug-likeness (QED) is 0.883. The number of nitrogens with one attached hydrogen (secondary N) is 2. The Balaban J connectivity index is 1.72. The molecule has 6 nitrogen and oxygen atoms in total. The van der Waals surface area contributed by atoms with Gasteiger partial charge in [-0.2, -0.15) is 0 Å². The van der Waals surface area contributed by atoms with E-state index >= 15 is 0 Å². The van der Waals surface area contributed by atoms with Crippen LogP contribution in [0, 0.1) is 0 Å². The van der Waals surface area contributed by atoms with Crippen LogP contribution >= 0.6 is 11.3 Å². The molecule has 0 aliphatic carbocycles. The number of fused-ring (bicyclic) bond motifs is 1. The average Bonchev–Trinajstić information content (AvgIpc) is 3.01. The molecule has 1 aliphatic heterocycles. The van der Waals surface area contributed by atoms with Crippen molar-refractivity contribution >= 4 is 22.4 Å². The first-order valence-electron chi connectivity index (χ1n) is 7.06. The molecule has 0 spiro atoms. The highest BCUT2D eigenvalue weighted by Crippen LogP contribution is 2.35. The van der Waals surface area contributed by atoms with Crippen molar-refractivity contribution in [1.82, 2.24) is 10.3 Å². The first-order valence-corrected chi connectivity index (χ1v) is 7.94. The Morgan fingerprint density at radius 2 is 2.14 bits per heavy atom. The molecule has 1 amide bonds. The Kier molecular flexibility index (Phi) is 4.55. The van der Waals surface area contributed by atoms with E-state index in [1.807, 2.05) is 30.6 Å². The molecule has 7 heteroatoms. The van der Waals surface area contributed by atoms with Crippen molar-refractivity contribution in [3.8, 4) is 22.8 Å². The van der Waals surface area contributed by atoms with Crippen LogP contribution in [0.2, 0.25) is 0 Å². The number of nitrogens with zero attached hydrogens (tertiary/aromatic N) is 1. The molecule has 1 aromatic heterocycles. The number of aromatic nitrogens is 1. The predicted octanol–water partition coefficient (Wildman–Crippen LogP) is 2.13. The largest absolute Gasteiger partial charge is 0.486 e. The lowest BCUT2D eigenvalue weighted by molar-refractivity contribution is -0.116. The normalized spacial score (nSPS) is 13.0. The smallest absolute Gasteiger partial charge is 0.227 e. The second-order valence-corrected chi connectivity index (χ2v) is 5.66. The molecule has 2 heterocycles. The summed E-state index contributed by atoms with van der Waals surface area (Å²) in [5.41, 5.74) is 1.75. The summed E-state index contributed by atoms with van der Waals surface area (Å²) in [5.74, 6) is 1.44. The minimum atomic E-state index is -0.0441. The summed E-state index contributed by atoms with van der Waals surface area (Å²) in [6.07, 6.45) is 0.426. The second-order valence-electron chi connectivity index (χ2n) is 4.80. The Bertz CT molecular complexity index is 672. The maximum atomic E-state index is 11.7. The summed E-state index contributed by atoms with van der Waals surface area (Å²) >= 11 is 1.41. The molecule has 2 N–H and O–H groups in total. The number of ether oxygens (including phenoxy) is 2. The van der Waals surface area contributed by atoms with E-state index in [0.717, 1.165) is 22.8 Å². The lowest BCUT2D eigenvalue weighted by Gasteiger charge is -2.18. The molecule has 2 aromatic rings. The SMILES string of the molecule is CNCCC(=O)Nc1nc(-c2ccc3c(c2)OCCO3)cs1. The van der Waals surface area contributed by atoms with Gasteiger partial charge in [-0.3, -0.25) is 4.79 Å². The minimum Gasteiger partial charge on any atom is -0.486 e. The van der Waals surface area contributed by atoms with Crippen LogP contribution in [-0.2, 0) is 4.79 Å². The van der Waals surface area contributed by atoms with Crippen molar-refractivity contribution in [2.45, 2.75) is 6.42 Å². The summed E-state index contributed by atoms with van der Waals surface area (Å²) in [6, 6.07) is 5.74. The van der Waals surface area contributed by atoms with E-state index < -0.39 is 0 Å². The van der Waals surface area contributed by atoms with E-state index in [0.29, 0.717) is 31.3 Å². The fraction of sp³-hybridized carbons (Fsp3) is 0.333. The van der Waals surface area contributed by atoms with Crippen LogP contribution in [0.15, 0.2) is 23.6 Å². The van der Waals surface area contributed by atoms with E-state index in [9.17, 15) is 4.79 Å². The molecule has 0 saturated heterocycles. The molecule has 1 aromatic carbocycles. The Labute approximate surface area is 132 Å². The number of thiazole rings is 1. The van der Waals surface area contributed by atoms with Crippen LogP contribution in [0.1, 0.15) is 6.42 Å². The Morgan fingerprint density at radius 1 is 1.32 bits per heavy atom. The van der Waals surface area contributed by atoms with Crippen LogP contribution in [0.25, 0.3) is 11.3 Å². The van der Waals surface area contributed by atoms with Crippen LogP contribution < -0.4 is 20.1 Å². The summed E-state index contributed by atoms with van der Waals surface area (Å²) in [7, 11) is 1.82. The number of rotatable bonds is 5. The monoisotopic (exact) mass is 319 g/mol. The molecule has 1 aliphatic rings. The van der Waals surface area contributed by atoms with Gasteiger partial charge in [0.2, 0.25) is 5.91 Å². The number of hydrogen-bond acceptors (Lipinski definition) is 6. The lowest BCUT2D eigenvalue weighted by Crippen LogP contribution is -2.18. The standard InChI is InChI=1S/C15H17N3O3S/c1-16-5-4-14(19)18-15-17-11(9-22-15)10-2-3-12-13(8-10)21-7-6-20-12/h2-3,8-9,16H,4-7H2,1H3,(H,17,18,19). The number of carbonyl (C=O) groups is 1. The predicted molar refractivity (Wildman–Crippen MR) is 85.7 cm³/mol. The van der Waals surface area contributed by atoms with Crippen LogP contribution in [0.4, 0.5) is 5.13 Å². The van der Waals surface area contributed by atoms with E-state index in [4.69, 9.17) is 9.47 Å². The van der Waals surface area contributed by atoms with E-state index in [1.54, 1.807) is 0 Å². The van der Waals surface area contributed by atoms with Gasteiger partial charge in [0.15, 0.2) is 16.6 Å². The molecule has 0 saturated carbocycles. The molecule has 0 atom stereocenters. The Morgan fingerprint density at radius 3 is 2.95 bits per heavy atom. The third-order valence-corrected chi connectivity index (χ3v) is 3.95. The molecular formula is C15H17N3O3S. The topological polar surface area (TPSA) is 72.5 Å². The molecule has 0 unspecified atom stereocenters. The fourth-order valence-corrected chi connectivity index (χ4v) is 2.82. The third kappa shape index (κ3) is 3.37. The van der Waals surface area contributed by atoms with Gasteiger partial charge in [0, 0.05) is 23.9 Å². The highest BCUT2D eigenvalue weighted by atomic mass is 32.1. The number of anilines is 1. The van der Waals surface area contributed by atoms with Crippen molar-refractivity contribution in [1.29, 1.82) is 0 Å². The summed E-state index contributed by atoms with van der Waals surface area (Å²) in [4.78, 5) is 16.1. The van der Waals surface area contributed by atoms with Gasteiger partial charge in [0.25, 0.3) is 0 Å². The van der Waals surface area contributed by atoms with Gasteiger partial charge in [-0.1, -0.05) is 0 Å². The maximum absolute atomic E-state index is 11.7. The highest BCUT2D eigenvalue weighted by molar-refractivity contribution is 7.14. The van der Waals surface area contributed by atoms with Crippen molar-refractivity contribution in [3.63, 3.8) is 0 Å². The van der Waals surface area contributed by atoms with E-state index in [-0.39, 0.29) is 5.91 Å². The summed E-state index contributed by atoms with van der Waals surface area (Å²) < 4.78 is 11.1. The van der Waals surface area contributed by atoms with Crippen LogP contribution in [0.3, 0.4) is 0 Å². The van der Waals surface area contributed by atoms with Crippen LogP contribution in [-0.4, -0.2) is 37.7 Å². The van der Waals surface area contributed by atoms with E-state index in [1.165, 1.54) is 11.3 Å². The molecule has 3 rings (SSSR count). The zero-order valence-electron chi connectivity index (χ0n) is 12.2. The summed E-state index contributed by atoms with van der Waals surface area (Å²) in [5, 5.41) is 8.26. The number of carbonyl (C=O) groups excluding carboxylic acids is 1. The van der Waals surface area contributed by atoms with Crippen molar-refractivity contribution in [3.05, 3.63) is 23.6 Å². The van der Waals surface area contributed by atoms with Gasteiger partial charge in [0.05, 0.1) is 5.69 Å². The number of hydrogen-bond donors (Lipinski definition) is 2. The van der Waals surface area contributed by atoms with Gasteiger partial charge < -0.3 is 20.1 Å². The maximum Gasteiger partial charge on any atom is 0.227 e. The zero-order chi connectivity index (χ0) is 15.4. The molecule has 116 valence electrons. The molecule has 0 radical (unpaired) electrons. The molecular weight excluding hydrogens is 302 g/mol. The number of benzene rings is 1.